The molecule has 2 rings (SSSR count). The molecule has 0 saturated heterocycles. The smallest absolute Gasteiger partial charge is 0.127 e. The van der Waals surface area contributed by atoms with E-state index in [0.29, 0.717) is 0 Å². The molecule has 0 amide bonds. The number of hydrogen-bond donors (Lipinski definition) is 1. The molecule has 0 spiro atoms. The summed E-state index contributed by atoms with van der Waals surface area (Å²) in [6.45, 7) is 5.13. The van der Waals surface area contributed by atoms with E-state index >= 15 is 0 Å². The molecule has 0 bridgehead atoms. The highest BCUT2D eigenvalue weighted by Crippen LogP contribution is 2.35. The molecule has 1 N–H and O–H groups in total. The van der Waals surface area contributed by atoms with Crippen molar-refractivity contribution in [2.45, 2.75) is 26.3 Å². The molecule has 1 unspecified atom stereocenters. The zero-order valence-corrected chi connectivity index (χ0v) is 13.8. The van der Waals surface area contributed by atoms with E-state index in [2.05, 4.69) is 23.3 Å². The number of aryl methyl sites for hydroxylation is 1. The summed E-state index contributed by atoms with van der Waals surface area (Å²) in [5.41, 5.74) is 1.11. The van der Waals surface area contributed by atoms with E-state index in [1.54, 1.807) is 25.6 Å². The van der Waals surface area contributed by atoms with Crippen LogP contribution in [0.2, 0.25) is 0 Å². The average molecular weight is 306 g/mol. The van der Waals surface area contributed by atoms with Crippen molar-refractivity contribution < 1.29 is 9.47 Å². The molecular formula is C16H22N2O2S. The van der Waals surface area contributed by atoms with Gasteiger partial charge in [0.2, 0.25) is 0 Å². The van der Waals surface area contributed by atoms with E-state index in [1.807, 2.05) is 25.3 Å². The van der Waals surface area contributed by atoms with Gasteiger partial charge >= 0.3 is 0 Å². The Morgan fingerprint density at radius 2 is 2.10 bits per heavy atom. The fourth-order valence-electron chi connectivity index (χ4n) is 2.22. The minimum atomic E-state index is 0.0945. The van der Waals surface area contributed by atoms with Gasteiger partial charge in [-0.05, 0) is 32.0 Å². The molecule has 5 heteroatoms. The fraction of sp³-hybridized carbons (Fsp3) is 0.438. The summed E-state index contributed by atoms with van der Waals surface area (Å²) in [7, 11) is 3.35. The van der Waals surface area contributed by atoms with E-state index in [9.17, 15) is 0 Å². The van der Waals surface area contributed by atoms with Crippen molar-refractivity contribution in [2.75, 3.05) is 20.8 Å². The first kappa shape index (κ1) is 15.8. The molecule has 0 aliphatic rings. The zero-order chi connectivity index (χ0) is 15.2. The van der Waals surface area contributed by atoms with Crippen LogP contribution in [-0.4, -0.2) is 25.7 Å². The van der Waals surface area contributed by atoms with Gasteiger partial charge in [-0.25, -0.2) is 4.98 Å². The summed E-state index contributed by atoms with van der Waals surface area (Å²) in [4.78, 5) is 5.57. The van der Waals surface area contributed by atoms with Crippen molar-refractivity contribution in [3.8, 4) is 11.5 Å². The number of benzene rings is 1. The lowest BCUT2D eigenvalue weighted by Gasteiger charge is -2.20. The molecule has 1 atom stereocenters. The monoisotopic (exact) mass is 306 g/mol. The molecular weight excluding hydrogens is 284 g/mol. The van der Waals surface area contributed by atoms with Gasteiger partial charge < -0.3 is 14.8 Å². The molecule has 1 heterocycles. The molecule has 21 heavy (non-hydrogen) atoms. The van der Waals surface area contributed by atoms with Gasteiger partial charge in [0.15, 0.2) is 0 Å². The van der Waals surface area contributed by atoms with Crippen LogP contribution in [0.3, 0.4) is 0 Å². The van der Waals surface area contributed by atoms with Crippen LogP contribution in [0.25, 0.3) is 0 Å². The van der Waals surface area contributed by atoms with Crippen LogP contribution >= 0.6 is 11.3 Å². The molecule has 0 radical (unpaired) electrons. The lowest BCUT2D eigenvalue weighted by Crippen LogP contribution is -2.23. The van der Waals surface area contributed by atoms with Gasteiger partial charge in [0.25, 0.3) is 0 Å². The van der Waals surface area contributed by atoms with Gasteiger partial charge in [0, 0.05) is 22.7 Å². The number of nitrogens with zero attached hydrogens (tertiary/aromatic N) is 1. The number of methoxy groups -OCH3 is 2. The molecule has 2 aromatic rings. The summed E-state index contributed by atoms with van der Waals surface area (Å²) in [6.07, 6.45) is 3.02. The highest BCUT2D eigenvalue weighted by molar-refractivity contribution is 7.11. The second kappa shape index (κ2) is 7.43. The minimum absolute atomic E-state index is 0.0945. The Hall–Kier alpha value is -1.59. The zero-order valence-electron chi connectivity index (χ0n) is 13.0. The summed E-state index contributed by atoms with van der Waals surface area (Å²) < 4.78 is 10.8. The van der Waals surface area contributed by atoms with E-state index < -0.39 is 0 Å². The Kier molecular flexibility index (Phi) is 5.59. The van der Waals surface area contributed by atoms with Crippen LogP contribution in [0.1, 0.15) is 34.8 Å². The molecule has 1 aromatic heterocycles. The third-order valence-corrected chi connectivity index (χ3v) is 4.25. The summed E-state index contributed by atoms with van der Waals surface area (Å²) >= 11 is 1.71. The normalized spacial score (nSPS) is 12.2. The Bertz CT molecular complexity index is 583. The van der Waals surface area contributed by atoms with Crippen molar-refractivity contribution in [3.05, 3.63) is 39.8 Å². The van der Waals surface area contributed by atoms with Crippen molar-refractivity contribution in [1.29, 1.82) is 0 Å². The molecule has 0 saturated carbocycles. The molecule has 0 fully saturated rings. The van der Waals surface area contributed by atoms with Gasteiger partial charge in [-0.3, -0.25) is 0 Å². The van der Waals surface area contributed by atoms with Crippen molar-refractivity contribution in [2.24, 2.45) is 0 Å². The second-order valence-electron chi connectivity index (χ2n) is 4.78. The van der Waals surface area contributed by atoms with Crippen molar-refractivity contribution >= 4 is 11.3 Å². The number of ether oxygens (including phenoxy) is 2. The van der Waals surface area contributed by atoms with E-state index in [1.165, 1.54) is 4.88 Å². The van der Waals surface area contributed by atoms with Crippen LogP contribution in [0.15, 0.2) is 24.4 Å². The summed E-state index contributed by atoms with van der Waals surface area (Å²) in [5, 5.41) is 4.65. The predicted octanol–water partition coefficient (Wildman–Crippen LogP) is 3.56. The van der Waals surface area contributed by atoms with Crippen molar-refractivity contribution in [1.82, 2.24) is 10.3 Å². The van der Waals surface area contributed by atoms with Crippen LogP contribution in [0, 0.1) is 6.92 Å². The Balaban J connectivity index is 2.40. The minimum Gasteiger partial charge on any atom is -0.497 e. The average Bonchev–Trinajstić information content (AvgIpc) is 2.94. The topological polar surface area (TPSA) is 43.4 Å². The first-order valence-electron chi connectivity index (χ1n) is 7.07. The molecule has 4 nitrogen and oxygen atoms in total. The van der Waals surface area contributed by atoms with E-state index in [-0.39, 0.29) is 6.04 Å². The SMILES string of the molecule is CCCNC(c1cnc(C)s1)c1ccc(OC)cc1OC. The third kappa shape index (κ3) is 3.74. The predicted molar refractivity (Wildman–Crippen MR) is 86.5 cm³/mol. The molecule has 1 aromatic carbocycles. The van der Waals surface area contributed by atoms with Crippen LogP contribution in [0.4, 0.5) is 0 Å². The lowest BCUT2D eigenvalue weighted by molar-refractivity contribution is 0.387. The van der Waals surface area contributed by atoms with Gasteiger partial charge in [-0.15, -0.1) is 11.3 Å². The lowest BCUT2D eigenvalue weighted by atomic mass is 10.0. The Morgan fingerprint density at radius 1 is 1.29 bits per heavy atom. The number of thiazole rings is 1. The first-order chi connectivity index (χ1) is 10.2. The first-order valence-corrected chi connectivity index (χ1v) is 7.88. The number of aromatic nitrogens is 1. The fourth-order valence-corrected chi connectivity index (χ4v) is 3.10. The Morgan fingerprint density at radius 3 is 2.67 bits per heavy atom. The Labute approximate surface area is 130 Å². The maximum absolute atomic E-state index is 5.54. The van der Waals surface area contributed by atoms with Gasteiger partial charge in [-0.1, -0.05) is 6.92 Å². The second-order valence-corrected chi connectivity index (χ2v) is 6.04. The largest absolute Gasteiger partial charge is 0.497 e. The van der Waals surface area contributed by atoms with Gasteiger partial charge in [-0.2, -0.15) is 0 Å². The van der Waals surface area contributed by atoms with Gasteiger partial charge in [0.1, 0.15) is 11.5 Å². The van der Waals surface area contributed by atoms with Gasteiger partial charge in [0.05, 0.1) is 25.3 Å². The summed E-state index contributed by atoms with van der Waals surface area (Å²) in [5.74, 6) is 1.62. The maximum atomic E-state index is 5.54. The number of rotatable bonds is 7. The third-order valence-electron chi connectivity index (χ3n) is 3.27. The van der Waals surface area contributed by atoms with Crippen LogP contribution in [-0.2, 0) is 0 Å². The quantitative estimate of drug-likeness (QED) is 0.849. The molecule has 0 aliphatic heterocycles. The highest BCUT2D eigenvalue weighted by Gasteiger charge is 2.20. The summed E-state index contributed by atoms with van der Waals surface area (Å²) in [6, 6.07) is 6.04. The number of nitrogens with one attached hydrogen (secondary N) is 1. The standard InChI is InChI=1S/C16H22N2O2S/c1-5-8-17-16(15-10-18-11(2)21-15)13-7-6-12(19-3)9-14(13)20-4/h6-7,9-10,16-17H,5,8H2,1-4H3. The van der Waals surface area contributed by atoms with E-state index in [4.69, 9.17) is 9.47 Å². The number of hydrogen-bond acceptors (Lipinski definition) is 5. The van der Waals surface area contributed by atoms with Crippen molar-refractivity contribution in [3.63, 3.8) is 0 Å². The van der Waals surface area contributed by atoms with E-state index in [0.717, 1.165) is 35.0 Å². The van der Waals surface area contributed by atoms with Crippen LogP contribution in [0.5, 0.6) is 11.5 Å². The highest BCUT2D eigenvalue weighted by atomic mass is 32.1. The molecule has 114 valence electrons. The maximum Gasteiger partial charge on any atom is 0.127 e. The molecule has 0 aliphatic carbocycles. The van der Waals surface area contributed by atoms with Crippen LogP contribution < -0.4 is 14.8 Å².